The first-order chi connectivity index (χ1) is 14.1. The number of anilines is 1. The molecule has 3 N–H and O–H groups in total. The van der Waals surface area contributed by atoms with E-state index in [-0.39, 0.29) is 30.0 Å². The van der Waals surface area contributed by atoms with Crippen molar-refractivity contribution < 1.29 is 37.4 Å². The van der Waals surface area contributed by atoms with Crippen molar-refractivity contribution in [2.45, 2.75) is 23.0 Å². The Balaban J connectivity index is 2.31. The largest absolute Gasteiger partial charge is 0.504 e. The first kappa shape index (κ1) is 24.5. The summed E-state index contributed by atoms with van der Waals surface area (Å²) in [5.74, 6) is -2.07. The molecule has 0 heterocycles. The number of aromatic hydroxyl groups is 1. The van der Waals surface area contributed by atoms with Crippen molar-refractivity contribution in [3.63, 3.8) is 0 Å². The Morgan fingerprint density at radius 3 is 2.23 bits per heavy atom. The summed E-state index contributed by atoms with van der Waals surface area (Å²) in [4.78, 5) is 28.3. The molecule has 2 rings (SSSR count). The molecule has 1 saturated carbocycles. The summed E-state index contributed by atoms with van der Waals surface area (Å²) < 4.78 is 35.8. The summed E-state index contributed by atoms with van der Waals surface area (Å²) >= 11 is 5.98. The van der Waals surface area contributed by atoms with Gasteiger partial charge in [-0.1, -0.05) is 16.1 Å². The van der Waals surface area contributed by atoms with Crippen LogP contribution in [0.15, 0.2) is 17.0 Å². The van der Waals surface area contributed by atoms with E-state index in [1.54, 1.807) is 0 Å². The Hall–Kier alpha value is -1.80. The lowest BCUT2D eigenvalue weighted by Gasteiger charge is -2.37. The molecule has 1 aromatic carbocycles. The third kappa shape index (κ3) is 4.75. The number of Topliss-reactive ketones (excluding diaryl/α,β-unsaturated/α-hetero) is 2. The van der Waals surface area contributed by atoms with E-state index >= 15 is 0 Å². The average molecular weight is 466 g/mol. The van der Waals surface area contributed by atoms with Crippen molar-refractivity contribution in [1.82, 2.24) is 9.79 Å². The van der Waals surface area contributed by atoms with Gasteiger partial charge in [0.05, 0.1) is 37.1 Å². The molecule has 0 radical (unpaired) electrons. The predicted octanol–water partition coefficient (Wildman–Crippen LogP) is -0.221. The van der Waals surface area contributed by atoms with E-state index < -0.39 is 44.3 Å². The second-order valence-electron chi connectivity index (χ2n) is 6.47. The number of benzene rings is 1. The molecular formula is C17H24ClN3O8S. The second kappa shape index (κ2) is 10.0. The molecule has 1 fully saturated rings. The van der Waals surface area contributed by atoms with Gasteiger partial charge in [0, 0.05) is 21.3 Å². The topological polar surface area (TPSA) is 143 Å². The number of nitrogens with zero attached hydrogens (tertiary/aromatic N) is 1. The Kier molecular flexibility index (Phi) is 8.16. The highest BCUT2D eigenvalue weighted by atomic mass is 35.5. The summed E-state index contributed by atoms with van der Waals surface area (Å²) in [5.41, 5.74) is -0.0878. The number of hydrogen-bond donors (Lipinski definition) is 3. The molecule has 1 aliphatic rings. The Morgan fingerprint density at radius 2 is 1.70 bits per heavy atom. The molecule has 0 amide bonds. The van der Waals surface area contributed by atoms with Crippen LogP contribution in [0.25, 0.3) is 0 Å². The van der Waals surface area contributed by atoms with Gasteiger partial charge in [0.15, 0.2) is 5.75 Å². The van der Waals surface area contributed by atoms with Gasteiger partial charge in [0.1, 0.15) is 17.0 Å². The lowest BCUT2D eigenvalue weighted by Crippen LogP contribution is -2.69. The van der Waals surface area contributed by atoms with Crippen molar-refractivity contribution >= 4 is 38.9 Å². The van der Waals surface area contributed by atoms with E-state index in [0.29, 0.717) is 4.47 Å². The molecule has 1 aromatic rings. The third-order valence-corrected chi connectivity index (χ3v) is 6.72. The fraction of sp³-hybridized carbons (Fsp3) is 0.529. The first-order valence-corrected chi connectivity index (χ1v) is 10.5. The van der Waals surface area contributed by atoms with Crippen LogP contribution in [0.3, 0.4) is 0 Å². The molecule has 11 nitrogen and oxygen atoms in total. The van der Waals surface area contributed by atoms with Gasteiger partial charge in [-0.05, 0) is 12.1 Å². The number of methoxy groups -OCH3 is 2. The van der Waals surface area contributed by atoms with Crippen LogP contribution in [0.2, 0.25) is 5.02 Å². The zero-order valence-corrected chi connectivity index (χ0v) is 18.4. The maximum Gasteiger partial charge on any atom is 0.269 e. The van der Waals surface area contributed by atoms with Crippen LogP contribution in [-0.4, -0.2) is 89.3 Å². The van der Waals surface area contributed by atoms with Crippen molar-refractivity contribution in [1.29, 1.82) is 0 Å². The number of hydrogen-bond acceptors (Lipinski definition) is 10. The molecule has 0 aromatic heterocycles. The van der Waals surface area contributed by atoms with E-state index in [9.17, 15) is 23.1 Å². The average Bonchev–Trinajstić information content (AvgIpc) is 2.71. The second-order valence-corrected chi connectivity index (χ2v) is 8.75. The number of carbonyl (C=O) groups is 2. The summed E-state index contributed by atoms with van der Waals surface area (Å²) in [7, 11) is 0.954. The molecule has 1 aliphatic carbocycles. The predicted molar refractivity (Wildman–Crippen MR) is 107 cm³/mol. The van der Waals surface area contributed by atoms with Crippen molar-refractivity contribution in [3.05, 3.63) is 17.2 Å². The minimum Gasteiger partial charge on any atom is -0.504 e. The number of phenols is 1. The molecule has 30 heavy (non-hydrogen) atoms. The lowest BCUT2D eigenvalue weighted by molar-refractivity contribution is -0.146. The third-order valence-electron chi connectivity index (χ3n) is 4.54. The van der Waals surface area contributed by atoms with Gasteiger partial charge in [-0.15, -0.1) is 0 Å². The molecular weight excluding hydrogens is 442 g/mol. The SMILES string of the molecule is COCC(COC)NC1C(=O)C(=O)C1Nc1ccc(Cl)c(S(=O)(=O)N(C)OC)c1O. The summed E-state index contributed by atoms with van der Waals surface area (Å²) in [6.45, 7) is 0.465. The smallest absolute Gasteiger partial charge is 0.269 e. The van der Waals surface area contributed by atoms with Crippen molar-refractivity contribution in [2.75, 3.05) is 46.9 Å². The van der Waals surface area contributed by atoms with Crippen LogP contribution in [0, 0.1) is 0 Å². The normalized spacial score (nSPS) is 19.4. The molecule has 168 valence electrons. The van der Waals surface area contributed by atoms with Crippen LogP contribution in [-0.2, 0) is 33.9 Å². The quantitative estimate of drug-likeness (QED) is 0.228. The standard InChI is InChI=1S/C17H24ClN3O8S/c1-21(29-4)30(25,26)17-10(18)5-6-11(14(17)22)20-13-12(15(23)16(13)24)19-9(7-27-2)8-28-3/h5-6,9,12-13,19-20,22H,7-8H2,1-4H3. The number of ketones is 2. The minimum atomic E-state index is -4.28. The number of ether oxygens (including phenoxy) is 2. The molecule has 13 heteroatoms. The van der Waals surface area contributed by atoms with Crippen LogP contribution in [0.5, 0.6) is 5.75 Å². The fourth-order valence-corrected chi connectivity index (χ4v) is 4.50. The van der Waals surface area contributed by atoms with Crippen LogP contribution in [0.4, 0.5) is 5.69 Å². The van der Waals surface area contributed by atoms with Gasteiger partial charge >= 0.3 is 0 Å². The maximum atomic E-state index is 12.6. The van der Waals surface area contributed by atoms with Crippen LogP contribution in [0.1, 0.15) is 0 Å². The highest BCUT2D eigenvalue weighted by molar-refractivity contribution is 7.89. The van der Waals surface area contributed by atoms with Crippen molar-refractivity contribution in [3.8, 4) is 5.75 Å². The number of halogens is 1. The maximum absolute atomic E-state index is 12.6. The summed E-state index contributed by atoms with van der Waals surface area (Å²) in [5, 5.41) is 16.0. The monoisotopic (exact) mass is 465 g/mol. The van der Waals surface area contributed by atoms with E-state index in [2.05, 4.69) is 10.6 Å². The summed E-state index contributed by atoms with van der Waals surface area (Å²) in [6, 6.07) is 0.238. The molecule has 0 saturated heterocycles. The van der Waals surface area contributed by atoms with Crippen LogP contribution >= 0.6 is 11.6 Å². The molecule has 2 atom stereocenters. The zero-order chi connectivity index (χ0) is 22.6. The van der Waals surface area contributed by atoms with Gasteiger partial charge in [0.25, 0.3) is 10.0 Å². The Bertz CT molecular complexity index is 905. The highest BCUT2D eigenvalue weighted by Crippen LogP contribution is 2.39. The Morgan fingerprint density at radius 1 is 1.13 bits per heavy atom. The first-order valence-electron chi connectivity index (χ1n) is 8.73. The number of phenolic OH excluding ortho intramolecular Hbond substituents is 1. The lowest BCUT2D eigenvalue weighted by atomic mass is 9.82. The van der Waals surface area contributed by atoms with Crippen molar-refractivity contribution in [2.24, 2.45) is 0 Å². The van der Waals surface area contributed by atoms with Gasteiger partial charge in [-0.3, -0.25) is 19.7 Å². The van der Waals surface area contributed by atoms with Gasteiger partial charge in [0.2, 0.25) is 11.6 Å². The van der Waals surface area contributed by atoms with Crippen LogP contribution < -0.4 is 10.6 Å². The Labute approximate surface area is 179 Å². The fourth-order valence-electron chi connectivity index (χ4n) is 2.94. The number of carbonyl (C=O) groups excluding carboxylic acids is 2. The number of rotatable bonds is 11. The molecule has 0 spiro atoms. The van der Waals surface area contributed by atoms with Gasteiger partial charge in [-0.2, -0.15) is 0 Å². The summed E-state index contributed by atoms with van der Waals surface area (Å²) in [6.07, 6.45) is 0. The molecule has 0 bridgehead atoms. The minimum absolute atomic E-state index is 0.0878. The van der Waals surface area contributed by atoms with E-state index in [1.807, 2.05) is 0 Å². The number of hydroxylamine groups is 1. The van der Waals surface area contributed by atoms with Gasteiger partial charge < -0.3 is 19.9 Å². The van der Waals surface area contributed by atoms with E-state index in [1.165, 1.54) is 26.4 Å². The number of nitrogens with one attached hydrogen (secondary N) is 2. The zero-order valence-electron chi connectivity index (χ0n) is 16.8. The molecule has 0 aliphatic heterocycles. The van der Waals surface area contributed by atoms with Gasteiger partial charge in [-0.25, -0.2) is 8.42 Å². The molecule has 2 unspecified atom stereocenters. The number of sulfonamides is 1. The highest BCUT2D eigenvalue weighted by Gasteiger charge is 2.50. The van der Waals surface area contributed by atoms with E-state index in [0.717, 1.165) is 14.2 Å². The van der Waals surface area contributed by atoms with E-state index in [4.69, 9.17) is 25.9 Å².